The zero-order valence-electron chi connectivity index (χ0n) is 13.9. The van der Waals surface area contributed by atoms with Crippen LogP contribution in [0.2, 0.25) is 0 Å². The largest absolute Gasteiger partial charge is 0.497 e. The average Bonchev–Trinajstić information content (AvgIpc) is 2.61. The highest BCUT2D eigenvalue weighted by atomic mass is 16.5. The van der Waals surface area contributed by atoms with E-state index >= 15 is 0 Å². The van der Waals surface area contributed by atoms with Gasteiger partial charge in [-0.3, -0.25) is 0 Å². The molecular formula is C20H21N3O. The van der Waals surface area contributed by atoms with Gasteiger partial charge in [0.15, 0.2) is 5.96 Å². The predicted molar refractivity (Wildman–Crippen MR) is 101 cm³/mol. The maximum atomic E-state index is 5.96. The van der Waals surface area contributed by atoms with E-state index < -0.39 is 0 Å². The summed E-state index contributed by atoms with van der Waals surface area (Å²) in [7, 11) is 1.67. The number of nitrogens with one attached hydrogen (secondary N) is 1. The van der Waals surface area contributed by atoms with E-state index in [2.05, 4.69) is 41.5 Å². The highest BCUT2D eigenvalue weighted by molar-refractivity contribution is 5.92. The van der Waals surface area contributed by atoms with Crippen molar-refractivity contribution < 1.29 is 4.74 Å². The Labute approximate surface area is 142 Å². The Morgan fingerprint density at radius 1 is 1.00 bits per heavy atom. The van der Waals surface area contributed by atoms with Gasteiger partial charge in [-0.2, -0.15) is 0 Å². The van der Waals surface area contributed by atoms with Gasteiger partial charge < -0.3 is 15.8 Å². The molecule has 0 aliphatic heterocycles. The van der Waals surface area contributed by atoms with Crippen molar-refractivity contribution in [3.63, 3.8) is 0 Å². The topological polar surface area (TPSA) is 59.6 Å². The minimum absolute atomic E-state index is 0.411. The molecule has 0 atom stereocenters. The highest BCUT2D eigenvalue weighted by Crippen LogP contribution is 2.22. The number of aliphatic imine (C=N–C) groups is 1. The normalized spacial score (nSPS) is 11.5. The van der Waals surface area contributed by atoms with E-state index in [0.717, 1.165) is 27.8 Å². The van der Waals surface area contributed by atoms with Crippen LogP contribution in [0.1, 0.15) is 11.1 Å². The fourth-order valence-electron chi connectivity index (χ4n) is 2.50. The number of nitrogens with two attached hydrogens (primary N) is 1. The molecule has 0 aliphatic carbocycles. The van der Waals surface area contributed by atoms with Gasteiger partial charge in [0.2, 0.25) is 0 Å². The molecule has 0 saturated carbocycles. The summed E-state index contributed by atoms with van der Waals surface area (Å²) in [6.45, 7) is 2.59. The number of fused-ring (bicyclic) bond motifs is 1. The number of hydrogen-bond donors (Lipinski definition) is 2. The van der Waals surface area contributed by atoms with Gasteiger partial charge in [0, 0.05) is 5.69 Å². The van der Waals surface area contributed by atoms with Crippen LogP contribution in [0, 0.1) is 6.92 Å². The lowest BCUT2D eigenvalue weighted by Crippen LogP contribution is -2.22. The molecule has 4 heteroatoms. The summed E-state index contributed by atoms with van der Waals surface area (Å²) < 4.78 is 5.25. The minimum atomic E-state index is 0.411. The summed E-state index contributed by atoms with van der Waals surface area (Å²) in [6.07, 6.45) is 0. The SMILES string of the molecule is COc1ccc2cc(CN=C(N)Nc3ccc(C)cc3)ccc2c1. The molecule has 24 heavy (non-hydrogen) atoms. The van der Waals surface area contributed by atoms with Crippen LogP contribution in [0.5, 0.6) is 5.75 Å². The first-order chi connectivity index (χ1) is 11.6. The molecule has 0 unspecified atom stereocenters. The van der Waals surface area contributed by atoms with Gasteiger partial charge in [-0.05, 0) is 53.6 Å². The number of anilines is 1. The molecule has 4 nitrogen and oxygen atoms in total. The Bertz CT molecular complexity index is 870. The summed E-state index contributed by atoms with van der Waals surface area (Å²) in [6, 6.07) is 20.3. The number of benzene rings is 3. The molecule has 3 N–H and O–H groups in total. The van der Waals surface area contributed by atoms with Crippen LogP contribution in [-0.4, -0.2) is 13.1 Å². The van der Waals surface area contributed by atoms with Gasteiger partial charge in [-0.15, -0.1) is 0 Å². The van der Waals surface area contributed by atoms with Crippen molar-refractivity contribution in [2.24, 2.45) is 10.7 Å². The van der Waals surface area contributed by atoms with Gasteiger partial charge in [0.1, 0.15) is 5.75 Å². The number of aryl methyl sites for hydroxylation is 1. The van der Waals surface area contributed by atoms with Crippen LogP contribution in [0.4, 0.5) is 5.69 Å². The van der Waals surface area contributed by atoms with E-state index in [1.54, 1.807) is 7.11 Å². The van der Waals surface area contributed by atoms with E-state index in [1.807, 2.05) is 36.4 Å². The summed E-state index contributed by atoms with van der Waals surface area (Å²) in [5, 5.41) is 5.41. The molecule has 3 aromatic carbocycles. The minimum Gasteiger partial charge on any atom is -0.497 e. The molecule has 0 aliphatic rings. The number of hydrogen-bond acceptors (Lipinski definition) is 2. The van der Waals surface area contributed by atoms with Gasteiger partial charge >= 0.3 is 0 Å². The van der Waals surface area contributed by atoms with Gasteiger partial charge in [-0.25, -0.2) is 4.99 Å². The summed E-state index contributed by atoms with van der Waals surface area (Å²) in [5.41, 5.74) is 9.23. The van der Waals surface area contributed by atoms with E-state index in [-0.39, 0.29) is 0 Å². The van der Waals surface area contributed by atoms with Crippen molar-refractivity contribution in [2.75, 3.05) is 12.4 Å². The number of nitrogens with zero attached hydrogens (tertiary/aromatic N) is 1. The van der Waals surface area contributed by atoms with E-state index in [9.17, 15) is 0 Å². The van der Waals surface area contributed by atoms with Gasteiger partial charge in [0.05, 0.1) is 13.7 Å². The molecular weight excluding hydrogens is 298 g/mol. The molecule has 0 aromatic heterocycles. The maximum Gasteiger partial charge on any atom is 0.193 e. The molecule has 0 saturated heterocycles. The van der Waals surface area contributed by atoms with Crippen molar-refractivity contribution in [3.8, 4) is 5.75 Å². The molecule has 0 bridgehead atoms. The second-order valence-electron chi connectivity index (χ2n) is 5.74. The first-order valence-corrected chi connectivity index (χ1v) is 7.84. The highest BCUT2D eigenvalue weighted by Gasteiger charge is 2.00. The zero-order valence-corrected chi connectivity index (χ0v) is 13.9. The standard InChI is InChI=1S/C20H21N3O/c1-14-3-8-18(9-4-14)23-20(21)22-13-15-5-6-17-12-19(24-2)10-7-16(17)11-15/h3-12H,13H2,1-2H3,(H3,21,22,23). The number of methoxy groups -OCH3 is 1. The molecule has 0 radical (unpaired) electrons. The molecule has 3 rings (SSSR count). The maximum absolute atomic E-state index is 5.96. The van der Waals surface area contributed by atoms with Crippen LogP contribution in [0.3, 0.4) is 0 Å². The second kappa shape index (κ2) is 7.04. The number of ether oxygens (including phenoxy) is 1. The van der Waals surface area contributed by atoms with E-state index in [4.69, 9.17) is 10.5 Å². The molecule has 3 aromatic rings. The van der Waals surface area contributed by atoms with E-state index in [0.29, 0.717) is 12.5 Å². The monoisotopic (exact) mass is 319 g/mol. The Kier molecular flexibility index (Phi) is 4.66. The quantitative estimate of drug-likeness (QED) is 0.562. The lowest BCUT2D eigenvalue weighted by Gasteiger charge is -2.07. The number of rotatable bonds is 4. The first kappa shape index (κ1) is 15.9. The average molecular weight is 319 g/mol. The third-order valence-corrected chi connectivity index (χ3v) is 3.87. The lowest BCUT2D eigenvalue weighted by molar-refractivity contribution is 0.415. The molecule has 122 valence electrons. The van der Waals surface area contributed by atoms with Crippen molar-refractivity contribution in [1.29, 1.82) is 0 Å². The van der Waals surface area contributed by atoms with Gasteiger partial charge in [0.25, 0.3) is 0 Å². The summed E-state index contributed by atoms with van der Waals surface area (Å²) >= 11 is 0. The Morgan fingerprint density at radius 2 is 1.71 bits per heavy atom. The van der Waals surface area contributed by atoms with Crippen molar-refractivity contribution in [1.82, 2.24) is 0 Å². The third kappa shape index (κ3) is 3.84. The Balaban J connectivity index is 1.70. The van der Waals surface area contributed by atoms with Crippen LogP contribution in [-0.2, 0) is 6.54 Å². The van der Waals surface area contributed by atoms with Crippen molar-refractivity contribution >= 4 is 22.4 Å². The van der Waals surface area contributed by atoms with Crippen LogP contribution in [0.25, 0.3) is 10.8 Å². The smallest absolute Gasteiger partial charge is 0.193 e. The molecule has 0 spiro atoms. The van der Waals surface area contributed by atoms with Crippen LogP contribution in [0.15, 0.2) is 65.7 Å². The fourth-order valence-corrected chi connectivity index (χ4v) is 2.50. The van der Waals surface area contributed by atoms with Crippen molar-refractivity contribution in [3.05, 3.63) is 71.8 Å². The van der Waals surface area contributed by atoms with Crippen LogP contribution < -0.4 is 15.8 Å². The summed E-state index contributed by atoms with van der Waals surface area (Å²) in [5.74, 6) is 1.27. The third-order valence-electron chi connectivity index (χ3n) is 3.87. The summed E-state index contributed by atoms with van der Waals surface area (Å²) in [4.78, 5) is 4.41. The molecule has 0 heterocycles. The second-order valence-corrected chi connectivity index (χ2v) is 5.74. The fraction of sp³-hybridized carbons (Fsp3) is 0.150. The van der Waals surface area contributed by atoms with E-state index in [1.165, 1.54) is 5.56 Å². The van der Waals surface area contributed by atoms with Crippen LogP contribution >= 0.6 is 0 Å². The zero-order chi connectivity index (χ0) is 16.9. The molecule has 0 amide bonds. The van der Waals surface area contributed by atoms with Gasteiger partial charge in [-0.1, -0.05) is 35.9 Å². The predicted octanol–water partition coefficient (Wildman–Crippen LogP) is 4.08. The number of guanidine groups is 1. The molecule has 0 fully saturated rings. The lowest BCUT2D eigenvalue weighted by atomic mass is 10.1. The Hall–Kier alpha value is -3.01. The Morgan fingerprint density at radius 3 is 2.46 bits per heavy atom. The van der Waals surface area contributed by atoms with Crippen molar-refractivity contribution in [2.45, 2.75) is 13.5 Å². The first-order valence-electron chi connectivity index (χ1n) is 7.84.